The van der Waals surface area contributed by atoms with Gasteiger partial charge in [-0.3, -0.25) is 4.79 Å². The average molecular weight is 467 g/mol. The first-order chi connectivity index (χ1) is 15.5. The number of Topliss-reactive ketones (excluding diaryl/α,β-unsaturated/α-hetero) is 1. The molecular formula is C23H29F3N4O3. The van der Waals surface area contributed by atoms with E-state index < -0.39 is 11.9 Å². The molecule has 1 saturated heterocycles. The number of alkyl halides is 3. The van der Waals surface area contributed by atoms with E-state index in [1.54, 1.807) is 6.92 Å². The number of nitrogens with zero attached hydrogens (tertiary/aromatic N) is 4. The van der Waals surface area contributed by atoms with Crippen molar-refractivity contribution in [2.24, 2.45) is 0 Å². The first-order valence-corrected chi connectivity index (χ1v) is 11.0. The van der Waals surface area contributed by atoms with Gasteiger partial charge in [0.2, 0.25) is 5.88 Å². The highest BCUT2D eigenvalue weighted by atomic mass is 19.4. The molecular weight excluding hydrogens is 437 g/mol. The van der Waals surface area contributed by atoms with Crippen LogP contribution in [0, 0.1) is 6.92 Å². The van der Waals surface area contributed by atoms with Crippen LogP contribution in [-0.4, -0.2) is 52.9 Å². The van der Waals surface area contributed by atoms with Crippen LogP contribution in [0.5, 0.6) is 5.88 Å². The molecule has 180 valence electrons. The lowest BCUT2D eigenvalue weighted by atomic mass is 10.0. The number of anilines is 1. The van der Waals surface area contributed by atoms with Gasteiger partial charge < -0.3 is 14.4 Å². The third kappa shape index (κ3) is 6.86. The van der Waals surface area contributed by atoms with E-state index in [4.69, 9.17) is 9.47 Å². The van der Waals surface area contributed by atoms with Crippen LogP contribution in [0.3, 0.4) is 0 Å². The molecule has 0 saturated carbocycles. The molecule has 1 aliphatic rings. The Morgan fingerprint density at radius 2 is 1.88 bits per heavy atom. The molecule has 3 rings (SSSR count). The predicted molar refractivity (Wildman–Crippen MR) is 116 cm³/mol. The smallest absolute Gasteiger partial charge is 0.433 e. The molecule has 0 amide bonds. The SMILES string of the molecule is CCOc1cc(CC(=O)CCc2cc(C)c(N3C[C@@H](C)O[C@H](C)C3)nn2)cc(C(F)(F)F)n1. The molecule has 0 N–H and O–H groups in total. The summed E-state index contributed by atoms with van der Waals surface area (Å²) < 4.78 is 50.2. The highest BCUT2D eigenvalue weighted by molar-refractivity contribution is 5.81. The maximum absolute atomic E-state index is 13.1. The van der Waals surface area contributed by atoms with Gasteiger partial charge in [-0.2, -0.15) is 18.3 Å². The Bertz CT molecular complexity index is 974. The third-order valence-corrected chi connectivity index (χ3v) is 5.23. The van der Waals surface area contributed by atoms with E-state index in [1.165, 1.54) is 6.07 Å². The molecule has 2 aromatic heterocycles. The van der Waals surface area contributed by atoms with E-state index in [0.717, 1.165) is 30.5 Å². The summed E-state index contributed by atoms with van der Waals surface area (Å²) in [6.45, 7) is 9.28. The Balaban J connectivity index is 1.63. The lowest BCUT2D eigenvalue weighted by molar-refractivity contribution is -0.141. The van der Waals surface area contributed by atoms with Crippen LogP contribution in [0.4, 0.5) is 19.0 Å². The minimum absolute atomic E-state index is 0.0986. The molecule has 33 heavy (non-hydrogen) atoms. The van der Waals surface area contributed by atoms with Crippen LogP contribution in [0.15, 0.2) is 18.2 Å². The van der Waals surface area contributed by atoms with Crippen LogP contribution in [0.2, 0.25) is 0 Å². The minimum atomic E-state index is -4.62. The van der Waals surface area contributed by atoms with Crippen LogP contribution in [0.1, 0.15) is 49.7 Å². The first kappa shape index (κ1) is 24.9. The van der Waals surface area contributed by atoms with Crippen molar-refractivity contribution in [3.05, 3.63) is 40.7 Å². The Kier molecular flexibility index (Phi) is 7.88. The largest absolute Gasteiger partial charge is 0.478 e. The fourth-order valence-electron chi connectivity index (χ4n) is 3.93. The van der Waals surface area contributed by atoms with E-state index in [2.05, 4.69) is 20.1 Å². The number of carbonyl (C=O) groups excluding carboxylic acids is 1. The van der Waals surface area contributed by atoms with Crippen molar-refractivity contribution < 1.29 is 27.4 Å². The number of rotatable bonds is 8. The van der Waals surface area contributed by atoms with E-state index in [9.17, 15) is 18.0 Å². The molecule has 0 aliphatic carbocycles. The molecule has 0 spiro atoms. The van der Waals surface area contributed by atoms with E-state index in [0.29, 0.717) is 12.1 Å². The zero-order valence-corrected chi connectivity index (χ0v) is 19.3. The predicted octanol–water partition coefficient (Wildman–Crippen LogP) is 3.96. The highest BCUT2D eigenvalue weighted by Crippen LogP contribution is 2.30. The molecule has 0 radical (unpaired) electrons. The van der Waals surface area contributed by atoms with Gasteiger partial charge >= 0.3 is 6.18 Å². The summed E-state index contributed by atoms with van der Waals surface area (Å²) >= 11 is 0. The van der Waals surface area contributed by atoms with E-state index in [1.807, 2.05) is 26.8 Å². The van der Waals surface area contributed by atoms with Crippen molar-refractivity contribution in [3.8, 4) is 5.88 Å². The van der Waals surface area contributed by atoms with Gasteiger partial charge in [0.1, 0.15) is 11.5 Å². The molecule has 0 aromatic carbocycles. The van der Waals surface area contributed by atoms with E-state index >= 15 is 0 Å². The van der Waals surface area contributed by atoms with Crippen LogP contribution in [0.25, 0.3) is 0 Å². The van der Waals surface area contributed by atoms with Gasteiger partial charge in [-0.25, -0.2) is 4.98 Å². The van der Waals surface area contributed by atoms with Crippen LogP contribution in [-0.2, 0) is 28.5 Å². The highest BCUT2D eigenvalue weighted by Gasteiger charge is 2.33. The molecule has 1 fully saturated rings. The number of aryl methyl sites for hydroxylation is 2. The maximum atomic E-state index is 13.1. The molecule has 2 aromatic rings. The van der Waals surface area contributed by atoms with Gasteiger partial charge in [0.25, 0.3) is 0 Å². The Hall–Kier alpha value is -2.75. The van der Waals surface area contributed by atoms with Gasteiger partial charge in [0.05, 0.1) is 24.5 Å². The second kappa shape index (κ2) is 10.5. The minimum Gasteiger partial charge on any atom is -0.478 e. The van der Waals surface area contributed by atoms with Crippen molar-refractivity contribution in [3.63, 3.8) is 0 Å². The average Bonchev–Trinajstić information content (AvgIpc) is 2.71. The number of aromatic nitrogens is 3. The molecule has 0 unspecified atom stereocenters. The summed E-state index contributed by atoms with van der Waals surface area (Å²) in [7, 11) is 0. The summed E-state index contributed by atoms with van der Waals surface area (Å²) in [4.78, 5) is 18.1. The topological polar surface area (TPSA) is 77.4 Å². The number of ketones is 1. The van der Waals surface area contributed by atoms with E-state index in [-0.39, 0.29) is 48.9 Å². The first-order valence-electron chi connectivity index (χ1n) is 11.0. The summed E-state index contributed by atoms with van der Waals surface area (Å²) in [5.41, 5.74) is 0.776. The standard InChI is InChI=1S/C23H29F3N4O3/c1-5-32-21-11-17(10-20(27-21)23(24,25)26)9-19(31)7-6-18-8-14(2)22(29-28-18)30-12-15(3)33-16(4)13-30/h8,10-11,15-16H,5-7,9,12-13H2,1-4H3/t15-,16-/m1/s1. The molecule has 2 atom stereocenters. The second-order valence-electron chi connectivity index (χ2n) is 8.35. The fraction of sp³-hybridized carbons (Fsp3) is 0.565. The van der Waals surface area contributed by atoms with Gasteiger partial charge in [-0.1, -0.05) is 0 Å². The monoisotopic (exact) mass is 466 g/mol. The number of ether oxygens (including phenoxy) is 2. The number of hydrogen-bond donors (Lipinski definition) is 0. The van der Waals surface area contributed by atoms with Crippen LogP contribution < -0.4 is 9.64 Å². The van der Waals surface area contributed by atoms with Crippen molar-refractivity contribution in [1.82, 2.24) is 15.2 Å². The Morgan fingerprint density at radius 3 is 2.48 bits per heavy atom. The quantitative estimate of drug-likeness (QED) is 0.583. The summed E-state index contributed by atoms with van der Waals surface area (Å²) in [5, 5.41) is 8.63. The zero-order valence-electron chi connectivity index (χ0n) is 19.3. The molecule has 7 nitrogen and oxygen atoms in total. The lowest BCUT2D eigenvalue weighted by Gasteiger charge is -2.36. The van der Waals surface area contributed by atoms with Gasteiger partial charge in [0, 0.05) is 32.0 Å². The molecule has 0 bridgehead atoms. The molecule has 1 aliphatic heterocycles. The van der Waals surface area contributed by atoms with Crippen molar-refractivity contribution in [2.45, 2.75) is 65.3 Å². The third-order valence-electron chi connectivity index (χ3n) is 5.23. The number of hydrogen-bond acceptors (Lipinski definition) is 7. The Labute approximate surface area is 191 Å². The summed E-state index contributed by atoms with van der Waals surface area (Å²) in [6.07, 6.45) is -4.05. The number of morpholine rings is 1. The number of halogens is 3. The zero-order chi connectivity index (χ0) is 24.2. The lowest BCUT2D eigenvalue weighted by Crippen LogP contribution is -2.46. The van der Waals surface area contributed by atoms with Crippen molar-refractivity contribution >= 4 is 11.6 Å². The van der Waals surface area contributed by atoms with Crippen molar-refractivity contribution in [1.29, 1.82) is 0 Å². The van der Waals surface area contributed by atoms with Gasteiger partial charge in [-0.15, -0.1) is 5.10 Å². The summed E-state index contributed by atoms with van der Waals surface area (Å²) in [5.74, 6) is 0.460. The van der Waals surface area contributed by atoms with Crippen molar-refractivity contribution in [2.75, 3.05) is 24.6 Å². The maximum Gasteiger partial charge on any atom is 0.433 e. The van der Waals surface area contributed by atoms with Crippen LogP contribution >= 0.6 is 0 Å². The fourth-order valence-corrected chi connectivity index (χ4v) is 3.93. The van der Waals surface area contributed by atoms with Gasteiger partial charge in [-0.05, 0) is 57.4 Å². The Morgan fingerprint density at radius 1 is 1.18 bits per heavy atom. The second-order valence-corrected chi connectivity index (χ2v) is 8.35. The number of pyridine rings is 1. The van der Waals surface area contributed by atoms with Gasteiger partial charge in [0.15, 0.2) is 5.82 Å². The molecule has 3 heterocycles. The summed E-state index contributed by atoms with van der Waals surface area (Å²) in [6, 6.07) is 4.17. The normalized spacial score (nSPS) is 18.9. The number of carbonyl (C=O) groups is 1. The molecule has 10 heteroatoms.